The summed E-state index contributed by atoms with van der Waals surface area (Å²) in [5.41, 5.74) is 2.60. The zero-order chi connectivity index (χ0) is 14.4. The molecule has 1 saturated carbocycles. The topological polar surface area (TPSA) is 0 Å². The quantitative estimate of drug-likeness (QED) is 0.614. The Labute approximate surface area is 121 Å². The van der Waals surface area contributed by atoms with Gasteiger partial charge in [0.25, 0.3) is 0 Å². The van der Waals surface area contributed by atoms with Crippen molar-refractivity contribution in [1.29, 1.82) is 0 Å². The van der Waals surface area contributed by atoms with E-state index in [0.29, 0.717) is 0 Å². The molecule has 0 aromatic heterocycles. The molecule has 1 heteroatoms. The van der Waals surface area contributed by atoms with Crippen molar-refractivity contribution in [2.24, 2.45) is 0 Å². The smallest absolute Gasteiger partial charge is 0.123 e. The maximum atomic E-state index is 13.2. The summed E-state index contributed by atoms with van der Waals surface area (Å²) in [7, 11) is 0. The van der Waals surface area contributed by atoms with Gasteiger partial charge in [-0.05, 0) is 43.0 Å². The van der Waals surface area contributed by atoms with Gasteiger partial charge in [-0.3, -0.25) is 0 Å². The number of hydrogen-bond donors (Lipinski definition) is 0. The van der Waals surface area contributed by atoms with Gasteiger partial charge in [-0.2, -0.15) is 0 Å². The normalized spacial score (nSPS) is 19.2. The average molecular weight is 270 g/mol. The highest BCUT2D eigenvalue weighted by Gasteiger charge is 2.35. The Morgan fingerprint density at radius 1 is 1.15 bits per heavy atom. The van der Waals surface area contributed by atoms with E-state index in [9.17, 15) is 4.39 Å². The molecule has 0 bridgehead atoms. The van der Waals surface area contributed by atoms with Crippen LogP contribution in [-0.4, -0.2) is 0 Å². The van der Waals surface area contributed by atoms with Crippen molar-refractivity contribution in [3.05, 3.63) is 72.1 Å². The van der Waals surface area contributed by atoms with Crippen LogP contribution in [0.5, 0.6) is 0 Å². The predicted octanol–water partition coefficient (Wildman–Crippen LogP) is 5.72. The molecule has 1 aliphatic carbocycles. The van der Waals surface area contributed by atoms with Crippen LogP contribution in [0.25, 0.3) is 0 Å². The summed E-state index contributed by atoms with van der Waals surface area (Å²) in [6.07, 6.45) is 14.2. The Morgan fingerprint density at radius 2 is 1.80 bits per heavy atom. The van der Waals surface area contributed by atoms with Crippen LogP contribution in [0.3, 0.4) is 0 Å². The van der Waals surface area contributed by atoms with Crippen molar-refractivity contribution in [1.82, 2.24) is 0 Å². The monoisotopic (exact) mass is 270 g/mol. The van der Waals surface area contributed by atoms with Crippen molar-refractivity contribution in [2.45, 2.75) is 44.4 Å². The third kappa shape index (κ3) is 2.92. The second-order valence-corrected chi connectivity index (χ2v) is 5.49. The minimum Gasteiger partial charge on any atom is -0.207 e. The molecular formula is C19H23F. The average Bonchev–Trinajstić information content (AvgIpc) is 2.49. The number of hydrogen-bond acceptors (Lipinski definition) is 0. The molecule has 0 nitrogen and oxygen atoms in total. The molecule has 0 spiro atoms. The molecule has 0 N–H and O–H groups in total. The number of benzene rings is 1. The first-order valence-electron chi connectivity index (χ1n) is 7.45. The SMILES string of the molecule is C=C/C=C\C(=C/C)C1(c2ccc(F)cc2)CCCCC1. The van der Waals surface area contributed by atoms with Crippen molar-refractivity contribution in [3.63, 3.8) is 0 Å². The first-order chi connectivity index (χ1) is 9.73. The minimum absolute atomic E-state index is 0.0419. The Bertz CT molecular complexity index is 499. The number of rotatable bonds is 4. The van der Waals surface area contributed by atoms with Gasteiger partial charge in [0.1, 0.15) is 5.82 Å². The molecular weight excluding hydrogens is 247 g/mol. The van der Waals surface area contributed by atoms with Crippen LogP contribution in [-0.2, 0) is 5.41 Å². The Balaban J connectivity index is 2.46. The van der Waals surface area contributed by atoms with E-state index in [0.717, 1.165) is 12.8 Å². The predicted molar refractivity (Wildman–Crippen MR) is 84.3 cm³/mol. The molecule has 0 heterocycles. The maximum absolute atomic E-state index is 13.2. The molecule has 0 atom stereocenters. The van der Waals surface area contributed by atoms with Crippen LogP contribution >= 0.6 is 0 Å². The van der Waals surface area contributed by atoms with Gasteiger partial charge in [0.15, 0.2) is 0 Å². The van der Waals surface area contributed by atoms with Crippen LogP contribution in [0.1, 0.15) is 44.6 Å². The molecule has 0 aliphatic heterocycles. The lowest BCUT2D eigenvalue weighted by molar-refractivity contribution is 0.344. The third-order valence-electron chi connectivity index (χ3n) is 4.38. The van der Waals surface area contributed by atoms with E-state index in [2.05, 4.69) is 25.7 Å². The fourth-order valence-corrected chi connectivity index (χ4v) is 3.37. The molecule has 1 aliphatic rings. The minimum atomic E-state index is -0.164. The molecule has 0 unspecified atom stereocenters. The first kappa shape index (κ1) is 14.8. The molecule has 1 aromatic carbocycles. The lowest BCUT2D eigenvalue weighted by Crippen LogP contribution is -2.30. The van der Waals surface area contributed by atoms with E-state index in [1.807, 2.05) is 24.3 Å². The highest BCUT2D eigenvalue weighted by atomic mass is 19.1. The van der Waals surface area contributed by atoms with Gasteiger partial charge >= 0.3 is 0 Å². The molecule has 1 fully saturated rings. The Hall–Kier alpha value is -1.63. The van der Waals surface area contributed by atoms with Gasteiger partial charge in [-0.25, -0.2) is 4.39 Å². The zero-order valence-electron chi connectivity index (χ0n) is 12.2. The number of halogens is 1. The van der Waals surface area contributed by atoms with Gasteiger partial charge in [-0.1, -0.05) is 62.3 Å². The first-order valence-corrected chi connectivity index (χ1v) is 7.45. The zero-order valence-corrected chi connectivity index (χ0v) is 12.2. The van der Waals surface area contributed by atoms with Crippen LogP contribution < -0.4 is 0 Å². The molecule has 20 heavy (non-hydrogen) atoms. The van der Waals surface area contributed by atoms with Crippen molar-refractivity contribution < 1.29 is 4.39 Å². The molecule has 0 amide bonds. The summed E-state index contributed by atoms with van der Waals surface area (Å²) in [5.74, 6) is -0.164. The summed E-state index contributed by atoms with van der Waals surface area (Å²) in [6.45, 7) is 5.84. The van der Waals surface area contributed by atoms with E-state index in [1.165, 1.54) is 30.4 Å². The Morgan fingerprint density at radius 3 is 2.35 bits per heavy atom. The van der Waals surface area contributed by atoms with Crippen LogP contribution in [0, 0.1) is 5.82 Å². The van der Waals surface area contributed by atoms with Gasteiger partial charge in [-0.15, -0.1) is 0 Å². The second-order valence-electron chi connectivity index (χ2n) is 5.49. The van der Waals surface area contributed by atoms with Gasteiger partial charge < -0.3 is 0 Å². The summed E-state index contributed by atoms with van der Waals surface area (Å²) in [5, 5.41) is 0. The molecule has 2 rings (SSSR count). The molecule has 106 valence electrons. The molecule has 1 aromatic rings. The van der Waals surface area contributed by atoms with E-state index in [4.69, 9.17) is 0 Å². The maximum Gasteiger partial charge on any atom is 0.123 e. The molecule has 0 saturated heterocycles. The largest absolute Gasteiger partial charge is 0.207 e. The summed E-state index contributed by atoms with van der Waals surface area (Å²) < 4.78 is 13.2. The van der Waals surface area contributed by atoms with Crippen LogP contribution in [0.4, 0.5) is 4.39 Å². The second kappa shape index (κ2) is 6.69. The van der Waals surface area contributed by atoms with E-state index < -0.39 is 0 Å². The summed E-state index contributed by atoms with van der Waals surface area (Å²) in [6, 6.07) is 7.06. The van der Waals surface area contributed by atoms with Crippen LogP contribution in [0.15, 0.2) is 60.7 Å². The fraction of sp³-hybridized carbons (Fsp3) is 0.368. The van der Waals surface area contributed by atoms with Gasteiger partial charge in [0.05, 0.1) is 0 Å². The van der Waals surface area contributed by atoms with E-state index >= 15 is 0 Å². The lowest BCUT2D eigenvalue weighted by Gasteiger charge is -2.39. The van der Waals surface area contributed by atoms with Crippen molar-refractivity contribution in [2.75, 3.05) is 0 Å². The lowest BCUT2D eigenvalue weighted by atomic mass is 9.64. The highest BCUT2D eigenvalue weighted by Crippen LogP contribution is 2.45. The molecule has 0 radical (unpaired) electrons. The fourth-order valence-electron chi connectivity index (χ4n) is 3.37. The van der Waals surface area contributed by atoms with E-state index in [1.54, 1.807) is 12.1 Å². The van der Waals surface area contributed by atoms with Gasteiger partial charge in [0.2, 0.25) is 0 Å². The third-order valence-corrected chi connectivity index (χ3v) is 4.38. The number of allylic oxidation sites excluding steroid dienone is 5. The van der Waals surface area contributed by atoms with Crippen LogP contribution in [0.2, 0.25) is 0 Å². The van der Waals surface area contributed by atoms with Crippen molar-refractivity contribution >= 4 is 0 Å². The Kier molecular flexibility index (Phi) is 4.94. The van der Waals surface area contributed by atoms with Crippen molar-refractivity contribution in [3.8, 4) is 0 Å². The summed E-state index contributed by atoms with van der Waals surface area (Å²) in [4.78, 5) is 0. The highest BCUT2D eigenvalue weighted by molar-refractivity contribution is 5.43. The summed E-state index contributed by atoms with van der Waals surface area (Å²) >= 11 is 0. The standard InChI is InChI=1S/C19H23F/c1-3-5-9-16(4-2)19(14-7-6-8-15-19)17-10-12-18(20)13-11-17/h3-5,9-13H,1,6-8,14-15H2,2H3/b9-5-,16-4+. The van der Waals surface area contributed by atoms with Gasteiger partial charge in [0, 0.05) is 5.41 Å². The van der Waals surface area contributed by atoms with E-state index in [-0.39, 0.29) is 11.2 Å².